The van der Waals surface area contributed by atoms with Crippen LogP contribution in [0.1, 0.15) is 117 Å². The van der Waals surface area contributed by atoms with Crippen LogP contribution in [0, 0.1) is 0 Å². The second-order valence-electron chi connectivity index (χ2n) is 6.58. The number of carbonyl (C=O) groups excluding carboxylic acids is 1. The number of nitrogens with two attached hydrogens (primary N) is 1. The molecular formula is C20H42NNaO2. The van der Waals surface area contributed by atoms with Crippen molar-refractivity contribution in [1.82, 2.24) is 0 Å². The molecule has 140 valence electrons. The topological polar surface area (TPSA) is 66.1 Å². The van der Waals surface area contributed by atoms with Gasteiger partial charge in [0, 0.05) is 5.97 Å². The van der Waals surface area contributed by atoms with Gasteiger partial charge in [-0.3, -0.25) is 0 Å². The molecule has 0 aromatic heterocycles. The molecule has 0 aliphatic rings. The van der Waals surface area contributed by atoms with Gasteiger partial charge in [-0.25, -0.2) is 0 Å². The van der Waals surface area contributed by atoms with Gasteiger partial charge in [0.2, 0.25) is 0 Å². The SMILES string of the molecule is CC(=O)[O-].CCCCCCCCCCCCCCCCCCN.[Na+]. The number of carboxylic acid groups (broad SMARTS) is 1. The quantitative estimate of drug-likeness (QED) is 0.341. The van der Waals surface area contributed by atoms with Gasteiger partial charge in [-0.2, -0.15) is 0 Å². The zero-order chi connectivity index (χ0) is 17.6. The monoisotopic (exact) mass is 351 g/mol. The minimum atomic E-state index is -1.08. The molecule has 0 aromatic carbocycles. The molecular weight excluding hydrogens is 309 g/mol. The zero-order valence-corrected chi connectivity index (χ0v) is 18.9. The van der Waals surface area contributed by atoms with E-state index in [0.717, 1.165) is 13.5 Å². The van der Waals surface area contributed by atoms with E-state index in [1.807, 2.05) is 0 Å². The summed E-state index contributed by atoms with van der Waals surface area (Å²) in [6.45, 7) is 4.14. The Morgan fingerprint density at radius 1 is 0.667 bits per heavy atom. The second-order valence-corrected chi connectivity index (χ2v) is 6.58. The summed E-state index contributed by atoms with van der Waals surface area (Å²) in [5, 5.41) is 8.89. The summed E-state index contributed by atoms with van der Waals surface area (Å²) < 4.78 is 0. The summed E-state index contributed by atoms with van der Waals surface area (Å²) in [6.07, 6.45) is 22.9. The van der Waals surface area contributed by atoms with Crippen LogP contribution in [0.15, 0.2) is 0 Å². The Bertz CT molecular complexity index is 206. The van der Waals surface area contributed by atoms with Gasteiger partial charge in [-0.15, -0.1) is 0 Å². The summed E-state index contributed by atoms with van der Waals surface area (Å²) >= 11 is 0. The van der Waals surface area contributed by atoms with Crippen molar-refractivity contribution in [3.05, 3.63) is 0 Å². The first-order valence-electron chi connectivity index (χ1n) is 10.0. The number of aliphatic carboxylic acids is 1. The minimum absolute atomic E-state index is 0. The van der Waals surface area contributed by atoms with Gasteiger partial charge in [0.25, 0.3) is 0 Å². The maximum Gasteiger partial charge on any atom is 1.00 e. The molecule has 0 aliphatic carbocycles. The molecule has 0 radical (unpaired) electrons. The number of carbonyl (C=O) groups is 1. The zero-order valence-electron chi connectivity index (χ0n) is 16.9. The third kappa shape index (κ3) is 38.2. The molecule has 0 aliphatic heterocycles. The summed E-state index contributed by atoms with van der Waals surface area (Å²) in [6, 6.07) is 0. The molecule has 0 rings (SSSR count). The Morgan fingerprint density at radius 2 is 0.875 bits per heavy atom. The standard InChI is InChI=1S/C18H39N.C2H4O2.Na/c1-2-3-4-5-6-7-8-9-10-11-12-13-14-15-16-17-18-19;1-2(3)4;/h2-19H2,1H3;1H3,(H,3,4);/q;;+1/p-1. The number of rotatable bonds is 16. The Kier molecular flexibility index (Phi) is 34.4. The minimum Gasteiger partial charge on any atom is -0.550 e. The molecule has 0 saturated carbocycles. The normalized spacial score (nSPS) is 9.79. The largest absolute Gasteiger partial charge is 1.00 e. The Morgan fingerprint density at radius 3 is 1.08 bits per heavy atom. The predicted octanol–water partition coefficient (Wildman–Crippen LogP) is 1.97. The van der Waals surface area contributed by atoms with Crippen LogP contribution < -0.4 is 40.4 Å². The van der Waals surface area contributed by atoms with Crippen LogP contribution in [0.2, 0.25) is 0 Å². The molecule has 0 unspecified atom stereocenters. The summed E-state index contributed by atoms with van der Waals surface area (Å²) in [5.41, 5.74) is 5.48. The maximum atomic E-state index is 8.89. The maximum absolute atomic E-state index is 8.89. The van der Waals surface area contributed by atoms with E-state index in [0.29, 0.717) is 0 Å². The van der Waals surface area contributed by atoms with Gasteiger partial charge in [0.1, 0.15) is 0 Å². The number of carboxylic acids is 1. The molecule has 2 N–H and O–H groups in total. The van der Waals surface area contributed by atoms with Gasteiger partial charge < -0.3 is 15.6 Å². The van der Waals surface area contributed by atoms with E-state index >= 15 is 0 Å². The Hall–Kier alpha value is 0.430. The first kappa shape index (κ1) is 29.2. The van der Waals surface area contributed by atoms with Crippen molar-refractivity contribution in [3.63, 3.8) is 0 Å². The van der Waals surface area contributed by atoms with Crippen LogP contribution in [0.3, 0.4) is 0 Å². The molecule has 0 amide bonds. The number of hydrogen-bond acceptors (Lipinski definition) is 3. The third-order valence-electron chi connectivity index (χ3n) is 4.06. The fraction of sp³-hybridized carbons (Fsp3) is 0.950. The molecule has 0 aromatic rings. The van der Waals surface area contributed by atoms with E-state index in [2.05, 4.69) is 6.92 Å². The van der Waals surface area contributed by atoms with Crippen molar-refractivity contribution in [2.75, 3.05) is 6.54 Å². The van der Waals surface area contributed by atoms with Crippen molar-refractivity contribution >= 4 is 5.97 Å². The summed E-state index contributed by atoms with van der Waals surface area (Å²) in [7, 11) is 0. The molecule has 0 spiro atoms. The van der Waals surface area contributed by atoms with Crippen LogP contribution >= 0.6 is 0 Å². The molecule has 3 nitrogen and oxygen atoms in total. The van der Waals surface area contributed by atoms with Gasteiger partial charge in [-0.1, -0.05) is 103 Å². The smallest absolute Gasteiger partial charge is 0.550 e. The van der Waals surface area contributed by atoms with Crippen LogP contribution in [0.4, 0.5) is 0 Å². The van der Waals surface area contributed by atoms with Crippen LogP contribution in [-0.2, 0) is 4.79 Å². The van der Waals surface area contributed by atoms with Crippen molar-refractivity contribution in [3.8, 4) is 0 Å². The van der Waals surface area contributed by atoms with E-state index in [1.54, 1.807) is 0 Å². The molecule has 0 bridgehead atoms. The van der Waals surface area contributed by atoms with Gasteiger partial charge in [0.15, 0.2) is 0 Å². The molecule has 0 saturated heterocycles. The average molecular weight is 352 g/mol. The first-order valence-corrected chi connectivity index (χ1v) is 10.0. The van der Waals surface area contributed by atoms with Crippen molar-refractivity contribution in [1.29, 1.82) is 0 Å². The van der Waals surface area contributed by atoms with Crippen LogP contribution in [0.5, 0.6) is 0 Å². The van der Waals surface area contributed by atoms with E-state index in [1.165, 1.54) is 103 Å². The predicted molar refractivity (Wildman–Crippen MR) is 99.3 cm³/mol. The Labute approximate surface area is 173 Å². The number of hydrogen-bond donors (Lipinski definition) is 1. The molecule has 4 heteroatoms. The first-order chi connectivity index (χ1) is 11.1. The van der Waals surface area contributed by atoms with Gasteiger partial charge in [0.05, 0.1) is 0 Å². The fourth-order valence-electron chi connectivity index (χ4n) is 2.69. The van der Waals surface area contributed by atoms with E-state index in [4.69, 9.17) is 15.6 Å². The van der Waals surface area contributed by atoms with Crippen LogP contribution in [-0.4, -0.2) is 12.5 Å². The van der Waals surface area contributed by atoms with Gasteiger partial charge >= 0.3 is 29.6 Å². The van der Waals surface area contributed by atoms with Crippen LogP contribution in [0.25, 0.3) is 0 Å². The molecule has 0 fully saturated rings. The van der Waals surface area contributed by atoms with Crippen molar-refractivity contribution in [2.45, 2.75) is 117 Å². The van der Waals surface area contributed by atoms with E-state index < -0.39 is 5.97 Å². The average Bonchev–Trinajstić information content (AvgIpc) is 2.50. The van der Waals surface area contributed by atoms with E-state index in [9.17, 15) is 0 Å². The third-order valence-corrected chi connectivity index (χ3v) is 4.06. The fourth-order valence-corrected chi connectivity index (χ4v) is 2.69. The van der Waals surface area contributed by atoms with E-state index in [-0.39, 0.29) is 29.6 Å². The summed E-state index contributed by atoms with van der Waals surface area (Å²) in [5.74, 6) is -1.08. The second kappa shape index (κ2) is 28.2. The molecule has 0 atom stereocenters. The summed E-state index contributed by atoms with van der Waals surface area (Å²) in [4.78, 5) is 8.89. The molecule has 0 heterocycles. The van der Waals surface area contributed by atoms with Crippen molar-refractivity contribution in [2.24, 2.45) is 5.73 Å². The number of unbranched alkanes of at least 4 members (excludes halogenated alkanes) is 15. The Balaban J connectivity index is -0.000000787. The molecule has 24 heavy (non-hydrogen) atoms. The van der Waals surface area contributed by atoms with Gasteiger partial charge in [-0.05, 0) is 19.9 Å². The van der Waals surface area contributed by atoms with Crippen molar-refractivity contribution < 1.29 is 39.5 Å².